The molecule has 3 aromatic heterocycles. The fraction of sp³-hybridized carbons (Fsp3) is 0.170. The molecule has 9 aromatic rings. The lowest BCUT2D eigenvalue weighted by Crippen LogP contribution is -2.11. The second-order valence-electron chi connectivity index (χ2n) is 15.7. The molecule has 254 valence electrons. The van der Waals surface area contributed by atoms with Gasteiger partial charge in [-0.05, 0) is 58.4 Å². The minimum absolute atomic E-state index is 0.174. The molecule has 0 atom stereocenters. The Morgan fingerprint density at radius 1 is 0.404 bits per heavy atom. The van der Waals surface area contributed by atoms with Crippen LogP contribution in [0.3, 0.4) is 0 Å². The Morgan fingerprint density at radius 2 is 0.981 bits per heavy atom. The van der Waals surface area contributed by atoms with Crippen molar-refractivity contribution in [1.29, 1.82) is 0 Å². The summed E-state index contributed by atoms with van der Waals surface area (Å²) in [7, 11) is 0. The van der Waals surface area contributed by atoms with Crippen molar-refractivity contribution in [2.24, 2.45) is 0 Å². The van der Waals surface area contributed by atoms with Gasteiger partial charge in [-0.25, -0.2) is 15.0 Å². The fourth-order valence-electron chi connectivity index (χ4n) is 7.32. The Hall–Kier alpha value is -6.07. The summed E-state index contributed by atoms with van der Waals surface area (Å²) in [6.45, 7) is 13.5. The predicted molar refractivity (Wildman–Crippen MR) is 214 cm³/mol. The van der Waals surface area contributed by atoms with E-state index in [0.717, 1.165) is 82.8 Å². The lowest BCUT2D eigenvalue weighted by Gasteiger charge is -2.20. The second kappa shape index (κ2) is 11.7. The lowest BCUT2D eigenvalue weighted by molar-refractivity contribution is 0.557. The second-order valence-corrected chi connectivity index (χ2v) is 15.7. The molecule has 5 nitrogen and oxygen atoms in total. The van der Waals surface area contributed by atoms with E-state index in [2.05, 4.69) is 96.1 Å². The zero-order valence-electron chi connectivity index (χ0n) is 30.3. The van der Waals surface area contributed by atoms with E-state index in [9.17, 15) is 0 Å². The van der Waals surface area contributed by atoms with Gasteiger partial charge in [-0.1, -0.05) is 133 Å². The average Bonchev–Trinajstić information content (AvgIpc) is 3.72. The highest BCUT2D eigenvalue weighted by molar-refractivity contribution is 6.15. The molecule has 9 rings (SSSR count). The SMILES string of the molecule is CC(C)(C)c1cc(-c2ccc3oc4ccccc4c3c2)cc2c1oc1c(C(C)(C)C)ccc(-c3nc(-c4ccccc4)nc(-c4ccccc4)n3)c12. The van der Waals surface area contributed by atoms with Crippen LogP contribution in [0.15, 0.2) is 136 Å². The Balaban J connectivity index is 1.37. The molecule has 0 bridgehead atoms. The quantitative estimate of drug-likeness (QED) is 0.185. The summed E-state index contributed by atoms with van der Waals surface area (Å²) in [6.07, 6.45) is 0. The highest BCUT2D eigenvalue weighted by atomic mass is 16.3. The number of para-hydroxylation sites is 1. The van der Waals surface area contributed by atoms with Gasteiger partial charge < -0.3 is 8.83 Å². The first-order valence-corrected chi connectivity index (χ1v) is 17.9. The zero-order chi connectivity index (χ0) is 35.8. The molecule has 0 saturated carbocycles. The van der Waals surface area contributed by atoms with Crippen molar-refractivity contribution in [3.63, 3.8) is 0 Å². The van der Waals surface area contributed by atoms with Crippen molar-refractivity contribution < 1.29 is 8.83 Å². The maximum Gasteiger partial charge on any atom is 0.164 e. The van der Waals surface area contributed by atoms with Crippen LogP contribution >= 0.6 is 0 Å². The highest BCUT2D eigenvalue weighted by Crippen LogP contribution is 2.46. The van der Waals surface area contributed by atoms with Crippen LogP contribution < -0.4 is 0 Å². The molecule has 0 amide bonds. The monoisotopic (exact) mass is 677 g/mol. The van der Waals surface area contributed by atoms with Gasteiger partial charge in [0.2, 0.25) is 0 Å². The van der Waals surface area contributed by atoms with Gasteiger partial charge in [0, 0.05) is 49.4 Å². The first kappa shape index (κ1) is 31.9. The van der Waals surface area contributed by atoms with Gasteiger partial charge >= 0.3 is 0 Å². The van der Waals surface area contributed by atoms with E-state index in [1.165, 1.54) is 0 Å². The molecule has 0 fully saturated rings. The molecule has 0 unspecified atom stereocenters. The molecule has 0 saturated heterocycles. The molecule has 6 aromatic carbocycles. The normalized spacial score (nSPS) is 12.4. The molecule has 0 aliphatic carbocycles. The summed E-state index contributed by atoms with van der Waals surface area (Å²) < 4.78 is 13.3. The van der Waals surface area contributed by atoms with E-state index in [1.807, 2.05) is 72.8 Å². The molecule has 0 aliphatic heterocycles. The number of furan rings is 2. The standard InChI is InChI=1S/C47H39N3O2/c1-46(2,3)36-23-22-33(45-49-43(28-15-9-7-10-16-28)48-44(50-45)29-17-11-8-12-18-29)40-35-26-31(27-37(47(4,5)6)41(35)52-42(36)40)30-21-24-39-34(25-30)32-19-13-14-20-38(32)51-39/h7-27H,1-6H3. The maximum absolute atomic E-state index is 7.08. The average molecular weight is 678 g/mol. The smallest absolute Gasteiger partial charge is 0.164 e. The van der Waals surface area contributed by atoms with Gasteiger partial charge in [0.15, 0.2) is 17.5 Å². The summed E-state index contributed by atoms with van der Waals surface area (Å²) in [5.41, 5.74) is 10.4. The first-order chi connectivity index (χ1) is 25.0. The van der Waals surface area contributed by atoms with Crippen LogP contribution in [0.5, 0.6) is 0 Å². The zero-order valence-corrected chi connectivity index (χ0v) is 30.3. The number of hydrogen-bond acceptors (Lipinski definition) is 5. The van der Waals surface area contributed by atoms with E-state index in [0.29, 0.717) is 17.5 Å². The summed E-state index contributed by atoms with van der Waals surface area (Å²) in [4.78, 5) is 15.3. The van der Waals surface area contributed by atoms with Crippen molar-refractivity contribution in [3.05, 3.63) is 139 Å². The molecule has 0 spiro atoms. The van der Waals surface area contributed by atoms with E-state index >= 15 is 0 Å². The molecule has 0 N–H and O–H groups in total. The topological polar surface area (TPSA) is 65.0 Å². The van der Waals surface area contributed by atoms with Gasteiger partial charge in [-0.3, -0.25) is 0 Å². The van der Waals surface area contributed by atoms with Crippen LogP contribution in [-0.4, -0.2) is 15.0 Å². The summed E-state index contributed by atoms with van der Waals surface area (Å²) in [6, 6.07) is 43.9. The molecule has 5 heteroatoms. The molecule has 3 heterocycles. The third-order valence-corrected chi connectivity index (χ3v) is 9.99. The Kier molecular flexibility index (Phi) is 7.20. The van der Waals surface area contributed by atoms with Gasteiger partial charge in [-0.2, -0.15) is 0 Å². The van der Waals surface area contributed by atoms with E-state index in [1.54, 1.807) is 0 Å². The van der Waals surface area contributed by atoms with Gasteiger partial charge in [0.25, 0.3) is 0 Å². The summed E-state index contributed by atoms with van der Waals surface area (Å²) in [5, 5.41) is 4.26. The molecule has 0 radical (unpaired) electrons. The fourth-order valence-corrected chi connectivity index (χ4v) is 7.32. The van der Waals surface area contributed by atoms with Crippen LogP contribution in [0.4, 0.5) is 0 Å². The van der Waals surface area contributed by atoms with Gasteiger partial charge in [0.1, 0.15) is 22.3 Å². The molecular formula is C47H39N3O2. The number of fused-ring (bicyclic) bond motifs is 6. The van der Waals surface area contributed by atoms with Crippen molar-refractivity contribution in [2.75, 3.05) is 0 Å². The molecule has 0 aliphatic rings. The third kappa shape index (κ3) is 5.36. The largest absolute Gasteiger partial charge is 0.456 e. The summed E-state index contributed by atoms with van der Waals surface area (Å²) in [5.74, 6) is 1.86. The van der Waals surface area contributed by atoms with Crippen molar-refractivity contribution in [3.8, 4) is 45.3 Å². The molecule has 52 heavy (non-hydrogen) atoms. The predicted octanol–water partition coefficient (Wildman–Crippen LogP) is 12.9. The van der Waals surface area contributed by atoms with Crippen molar-refractivity contribution >= 4 is 43.9 Å². The van der Waals surface area contributed by atoms with E-state index in [-0.39, 0.29) is 10.8 Å². The minimum Gasteiger partial charge on any atom is -0.456 e. The number of nitrogens with zero attached hydrogens (tertiary/aromatic N) is 3. The van der Waals surface area contributed by atoms with Gasteiger partial charge in [0.05, 0.1) is 0 Å². The number of rotatable bonds is 4. The van der Waals surface area contributed by atoms with E-state index in [4.69, 9.17) is 23.8 Å². The van der Waals surface area contributed by atoms with Crippen LogP contribution in [0.25, 0.3) is 89.2 Å². The number of aromatic nitrogens is 3. The Morgan fingerprint density at radius 3 is 1.63 bits per heavy atom. The number of benzene rings is 6. The first-order valence-electron chi connectivity index (χ1n) is 17.9. The Labute approximate surface area is 303 Å². The van der Waals surface area contributed by atoms with Crippen molar-refractivity contribution in [1.82, 2.24) is 15.0 Å². The van der Waals surface area contributed by atoms with E-state index < -0.39 is 0 Å². The van der Waals surface area contributed by atoms with Gasteiger partial charge in [-0.15, -0.1) is 0 Å². The van der Waals surface area contributed by atoms with Crippen LogP contribution in [0.2, 0.25) is 0 Å². The summed E-state index contributed by atoms with van der Waals surface area (Å²) >= 11 is 0. The van der Waals surface area contributed by atoms with Crippen LogP contribution in [-0.2, 0) is 10.8 Å². The Bertz CT molecular complexity index is 2740. The van der Waals surface area contributed by atoms with Crippen molar-refractivity contribution in [2.45, 2.75) is 52.4 Å². The number of hydrogen-bond donors (Lipinski definition) is 0. The third-order valence-electron chi connectivity index (χ3n) is 9.99. The minimum atomic E-state index is -0.204. The van der Waals surface area contributed by atoms with Crippen LogP contribution in [0.1, 0.15) is 52.7 Å². The highest BCUT2D eigenvalue weighted by Gasteiger charge is 2.29. The molecular weight excluding hydrogens is 639 g/mol. The lowest BCUT2D eigenvalue weighted by atomic mass is 9.82. The van der Waals surface area contributed by atoms with Crippen LogP contribution in [0, 0.1) is 0 Å². The maximum atomic E-state index is 7.08.